The maximum atomic E-state index is 5.35. The Morgan fingerprint density at radius 3 is 3.00 bits per heavy atom. The van der Waals surface area contributed by atoms with E-state index in [4.69, 9.17) is 9.40 Å². The highest BCUT2D eigenvalue weighted by atomic mass is 16.3. The first-order chi connectivity index (χ1) is 9.20. The second-order valence-electron chi connectivity index (χ2n) is 4.59. The quantitative estimate of drug-likeness (QED) is 0.781. The Balaban J connectivity index is 2.12. The fraction of sp³-hybridized carbons (Fsp3) is 0.286. The molecule has 2 heterocycles. The fourth-order valence-corrected chi connectivity index (χ4v) is 2.23. The third kappa shape index (κ3) is 1.92. The van der Waals surface area contributed by atoms with Crippen LogP contribution in [0.25, 0.3) is 22.4 Å². The summed E-state index contributed by atoms with van der Waals surface area (Å²) in [4.78, 5) is 8.82. The number of hydrogen-bond acceptors (Lipinski definition) is 4. The van der Waals surface area contributed by atoms with Crippen molar-refractivity contribution in [2.24, 2.45) is 7.05 Å². The Labute approximate surface area is 111 Å². The van der Waals surface area contributed by atoms with E-state index >= 15 is 0 Å². The number of nitrogens with one attached hydrogen (secondary N) is 1. The lowest BCUT2D eigenvalue weighted by Crippen LogP contribution is -2.10. The summed E-state index contributed by atoms with van der Waals surface area (Å²) in [6.45, 7) is 2.83. The van der Waals surface area contributed by atoms with Gasteiger partial charge < -0.3 is 14.3 Å². The minimum atomic E-state index is 0.752. The van der Waals surface area contributed by atoms with Gasteiger partial charge in [-0.1, -0.05) is 6.07 Å². The van der Waals surface area contributed by atoms with Crippen LogP contribution in [0.15, 0.2) is 29.0 Å². The van der Waals surface area contributed by atoms with Gasteiger partial charge in [0.2, 0.25) is 0 Å². The summed E-state index contributed by atoms with van der Waals surface area (Å²) >= 11 is 0. The average molecular weight is 256 g/mol. The standard InChI is InChI=1S/C14H16N4O/c1-9-14(17-13(7-15-2)18(9)3)10-4-5-11-12(6-10)19-8-16-11/h4-6,8,15H,7H2,1-3H3. The number of hydrogen-bond donors (Lipinski definition) is 1. The van der Waals surface area contributed by atoms with Crippen molar-refractivity contribution in [2.45, 2.75) is 13.5 Å². The smallest absolute Gasteiger partial charge is 0.181 e. The first-order valence-corrected chi connectivity index (χ1v) is 6.21. The molecule has 0 aliphatic carbocycles. The Morgan fingerprint density at radius 1 is 1.37 bits per heavy atom. The van der Waals surface area contributed by atoms with Crippen molar-refractivity contribution in [3.05, 3.63) is 36.1 Å². The lowest BCUT2D eigenvalue weighted by atomic mass is 10.1. The molecule has 0 aliphatic heterocycles. The van der Waals surface area contributed by atoms with E-state index in [1.54, 1.807) is 0 Å². The lowest BCUT2D eigenvalue weighted by Gasteiger charge is -2.01. The van der Waals surface area contributed by atoms with Crippen LogP contribution in [-0.2, 0) is 13.6 Å². The van der Waals surface area contributed by atoms with Crippen molar-refractivity contribution in [1.82, 2.24) is 19.9 Å². The summed E-state index contributed by atoms with van der Waals surface area (Å²) in [5.74, 6) is 1.02. The first-order valence-electron chi connectivity index (χ1n) is 6.21. The summed E-state index contributed by atoms with van der Waals surface area (Å²) in [6, 6.07) is 5.98. The third-order valence-corrected chi connectivity index (χ3v) is 3.41. The highest BCUT2D eigenvalue weighted by Gasteiger charge is 2.13. The molecule has 3 rings (SSSR count). The number of benzene rings is 1. The lowest BCUT2D eigenvalue weighted by molar-refractivity contribution is 0.602. The molecule has 98 valence electrons. The highest BCUT2D eigenvalue weighted by Crippen LogP contribution is 2.26. The van der Waals surface area contributed by atoms with Crippen LogP contribution in [0.5, 0.6) is 0 Å². The van der Waals surface area contributed by atoms with Gasteiger partial charge in [0.15, 0.2) is 12.0 Å². The molecule has 1 N–H and O–H groups in total. The van der Waals surface area contributed by atoms with Gasteiger partial charge in [0.1, 0.15) is 11.3 Å². The summed E-state index contributed by atoms with van der Waals surface area (Å²) in [6.07, 6.45) is 1.46. The maximum Gasteiger partial charge on any atom is 0.181 e. The molecule has 0 amide bonds. The van der Waals surface area contributed by atoms with Crippen LogP contribution < -0.4 is 5.32 Å². The van der Waals surface area contributed by atoms with E-state index in [0.29, 0.717) is 0 Å². The Bertz CT molecular complexity index is 726. The topological polar surface area (TPSA) is 55.9 Å². The highest BCUT2D eigenvalue weighted by molar-refractivity contribution is 5.79. The molecule has 19 heavy (non-hydrogen) atoms. The van der Waals surface area contributed by atoms with Gasteiger partial charge in [0, 0.05) is 18.3 Å². The zero-order valence-electron chi connectivity index (χ0n) is 11.3. The van der Waals surface area contributed by atoms with Gasteiger partial charge in [-0.15, -0.1) is 0 Å². The molecule has 0 atom stereocenters. The van der Waals surface area contributed by atoms with Crippen LogP contribution in [0.2, 0.25) is 0 Å². The van der Waals surface area contributed by atoms with Crippen LogP contribution >= 0.6 is 0 Å². The molecular weight excluding hydrogens is 240 g/mol. The van der Waals surface area contributed by atoms with E-state index in [9.17, 15) is 0 Å². The van der Waals surface area contributed by atoms with E-state index in [0.717, 1.165) is 40.4 Å². The maximum absolute atomic E-state index is 5.35. The molecule has 0 bridgehead atoms. The second kappa shape index (κ2) is 4.51. The SMILES string of the molecule is CNCc1nc(-c2ccc3ncoc3c2)c(C)n1C. The normalized spacial score (nSPS) is 11.3. The molecular formula is C14H16N4O. The van der Waals surface area contributed by atoms with Crippen molar-refractivity contribution >= 4 is 11.1 Å². The second-order valence-corrected chi connectivity index (χ2v) is 4.59. The molecule has 2 aromatic heterocycles. The van der Waals surface area contributed by atoms with Crippen molar-refractivity contribution in [3.63, 3.8) is 0 Å². The van der Waals surface area contributed by atoms with Crippen molar-refractivity contribution in [1.29, 1.82) is 0 Å². The molecule has 3 aromatic rings. The van der Waals surface area contributed by atoms with Crippen molar-refractivity contribution in [2.75, 3.05) is 7.05 Å². The van der Waals surface area contributed by atoms with Crippen LogP contribution in [0.3, 0.4) is 0 Å². The largest absolute Gasteiger partial charge is 0.443 e. The number of oxazole rings is 1. The Kier molecular flexibility index (Phi) is 2.83. The van der Waals surface area contributed by atoms with E-state index in [2.05, 4.69) is 21.8 Å². The van der Waals surface area contributed by atoms with Crippen LogP contribution in [-0.4, -0.2) is 21.6 Å². The molecule has 0 unspecified atom stereocenters. The first kappa shape index (κ1) is 11.9. The van der Waals surface area contributed by atoms with E-state index < -0.39 is 0 Å². The van der Waals surface area contributed by atoms with Crippen LogP contribution in [0.4, 0.5) is 0 Å². The summed E-state index contributed by atoms with van der Waals surface area (Å²) < 4.78 is 7.45. The summed E-state index contributed by atoms with van der Waals surface area (Å²) in [7, 11) is 3.95. The zero-order chi connectivity index (χ0) is 13.4. The van der Waals surface area contributed by atoms with Crippen LogP contribution in [0, 0.1) is 6.92 Å². The number of nitrogens with zero attached hydrogens (tertiary/aromatic N) is 3. The molecule has 5 nitrogen and oxygen atoms in total. The molecule has 1 aromatic carbocycles. The van der Waals surface area contributed by atoms with Gasteiger partial charge in [-0.3, -0.25) is 0 Å². The summed E-state index contributed by atoms with van der Waals surface area (Å²) in [5, 5.41) is 3.13. The number of fused-ring (bicyclic) bond motifs is 1. The van der Waals surface area contributed by atoms with Gasteiger partial charge in [0.25, 0.3) is 0 Å². The van der Waals surface area contributed by atoms with E-state index in [1.807, 2.05) is 32.3 Å². The monoisotopic (exact) mass is 256 g/mol. The molecule has 0 radical (unpaired) electrons. The minimum absolute atomic E-state index is 0.752. The van der Waals surface area contributed by atoms with Gasteiger partial charge in [-0.2, -0.15) is 0 Å². The summed E-state index contributed by atoms with van der Waals surface area (Å²) in [5.41, 5.74) is 4.85. The Hall–Kier alpha value is -2.14. The number of imidazole rings is 1. The van der Waals surface area contributed by atoms with Crippen molar-refractivity contribution < 1.29 is 4.42 Å². The molecule has 0 saturated carbocycles. The average Bonchev–Trinajstić information content (AvgIpc) is 2.98. The van der Waals surface area contributed by atoms with E-state index in [1.165, 1.54) is 6.39 Å². The van der Waals surface area contributed by atoms with Gasteiger partial charge >= 0.3 is 0 Å². The molecule has 0 fully saturated rings. The molecule has 0 saturated heterocycles. The van der Waals surface area contributed by atoms with Gasteiger partial charge in [0.05, 0.1) is 12.2 Å². The van der Waals surface area contributed by atoms with E-state index in [-0.39, 0.29) is 0 Å². The molecule has 0 spiro atoms. The zero-order valence-corrected chi connectivity index (χ0v) is 11.3. The molecule has 5 heteroatoms. The van der Waals surface area contributed by atoms with Gasteiger partial charge in [-0.05, 0) is 26.1 Å². The van der Waals surface area contributed by atoms with Crippen molar-refractivity contribution in [3.8, 4) is 11.3 Å². The number of rotatable bonds is 3. The minimum Gasteiger partial charge on any atom is -0.443 e. The third-order valence-electron chi connectivity index (χ3n) is 3.41. The van der Waals surface area contributed by atoms with Crippen LogP contribution in [0.1, 0.15) is 11.5 Å². The fourth-order valence-electron chi connectivity index (χ4n) is 2.23. The van der Waals surface area contributed by atoms with Gasteiger partial charge in [-0.25, -0.2) is 9.97 Å². The predicted molar refractivity (Wildman–Crippen MR) is 73.7 cm³/mol. The predicted octanol–water partition coefficient (Wildman–Crippen LogP) is 2.26. The molecule has 0 aliphatic rings. The Morgan fingerprint density at radius 2 is 2.21 bits per heavy atom. The number of aromatic nitrogens is 3.